The van der Waals surface area contributed by atoms with Crippen LogP contribution in [0.2, 0.25) is 0 Å². The van der Waals surface area contributed by atoms with Crippen LogP contribution in [0.5, 0.6) is 0 Å². The van der Waals surface area contributed by atoms with Crippen molar-refractivity contribution in [3.63, 3.8) is 0 Å². The SMILES string of the molecule is C[C@@H](OC(=O)[C@H]1CC=CCC1)C(=O)Nc1ccc(F)c(F)c1F. The van der Waals surface area contributed by atoms with Crippen molar-refractivity contribution in [3.05, 3.63) is 41.7 Å². The summed E-state index contributed by atoms with van der Waals surface area (Å²) in [5.41, 5.74) is -0.516. The molecule has 2 atom stereocenters. The second-order valence-corrected chi connectivity index (χ2v) is 5.27. The summed E-state index contributed by atoms with van der Waals surface area (Å²) in [7, 11) is 0. The molecule has 1 aliphatic carbocycles. The molecule has 1 amide bonds. The third-order valence-electron chi connectivity index (χ3n) is 3.56. The fraction of sp³-hybridized carbons (Fsp3) is 0.375. The fourth-order valence-corrected chi connectivity index (χ4v) is 2.19. The topological polar surface area (TPSA) is 55.4 Å². The van der Waals surface area contributed by atoms with Gasteiger partial charge in [0.2, 0.25) is 0 Å². The second-order valence-electron chi connectivity index (χ2n) is 5.27. The summed E-state index contributed by atoms with van der Waals surface area (Å²) in [4.78, 5) is 23.8. The van der Waals surface area contributed by atoms with Crippen LogP contribution in [0, 0.1) is 23.4 Å². The first kappa shape index (κ1) is 17.1. The Balaban J connectivity index is 1.96. The third-order valence-corrected chi connectivity index (χ3v) is 3.56. The molecule has 124 valence electrons. The standard InChI is InChI=1S/C16H16F3NO3/c1-9(23-16(22)10-5-3-2-4-6-10)15(21)20-12-8-7-11(17)13(18)14(12)19/h2-3,7-10H,4-6H2,1H3,(H,20,21)/t9-,10+/m1/s1. The molecule has 2 rings (SSSR count). The van der Waals surface area contributed by atoms with Gasteiger partial charge < -0.3 is 10.1 Å². The molecular formula is C16H16F3NO3. The number of rotatable bonds is 4. The predicted octanol–water partition coefficient (Wildman–Crippen LogP) is 3.33. The van der Waals surface area contributed by atoms with E-state index in [1.807, 2.05) is 12.2 Å². The number of benzene rings is 1. The number of carbonyl (C=O) groups excluding carboxylic acids is 2. The average Bonchev–Trinajstić information content (AvgIpc) is 2.56. The van der Waals surface area contributed by atoms with Gasteiger partial charge in [-0.15, -0.1) is 0 Å². The zero-order valence-corrected chi connectivity index (χ0v) is 12.4. The van der Waals surface area contributed by atoms with Crippen LogP contribution in [0.4, 0.5) is 18.9 Å². The van der Waals surface area contributed by atoms with Gasteiger partial charge in [-0.25, -0.2) is 13.2 Å². The molecule has 1 aromatic rings. The molecular weight excluding hydrogens is 311 g/mol. The average molecular weight is 327 g/mol. The molecule has 0 aliphatic heterocycles. The number of ether oxygens (including phenoxy) is 1. The minimum absolute atomic E-state index is 0.310. The molecule has 0 unspecified atom stereocenters. The van der Waals surface area contributed by atoms with Gasteiger partial charge in [-0.3, -0.25) is 9.59 Å². The van der Waals surface area contributed by atoms with Gasteiger partial charge >= 0.3 is 5.97 Å². The summed E-state index contributed by atoms with van der Waals surface area (Å²) in [6.45, 7) is 1.32. The summed E-state index contributed by atoms with van der Waals surface area (Å²) in [5, 5.41) is 2.07. The van der Waals surface area contributed by atoms with E-state index in [9.17, 15) is 22.8 Å². The Bertz CT molecular complexity index is 646. The molecule has 0 saturated carbocycles. The Morgan fingerprint density at radius 1 is 1.22 bits per heavy atom. The van der Waals surface area contributed by atoms with Gasteiger partial charge in [0, 0.05) is 0 Å². The monoisotopic (exact) mass is 327 g/mol. The quantitative estimate of drug-likeness (QED) is 0.524. The highest BCUT2D eigenvalue weighted by molar-refractivity contribution is 5.95. The number of hydrogen-bond acceptors (Lipinski definition) is 3. The van der Waals surface area contributed by atoms with E-state index < -0.39 is 41.1 Å². The summed E-state index contributed by atoms with van der Waals surface area (Å²) >= 11 is 0. The molecule has 7 heteroatoms. The van der Waals surface area contributed by atoms with Gasteiger partial charge in [0.05, 0.1) is 11.6 Å². The Hall–Kier alpha value is -2.31. The highest BCUT2D eigenvalue weighted by Crippen LogP contribution is 2.22. The summed E-state index contributed by atoms with van der Waals surface area (Å²) in [5.74, 6) is -6.19. The zero-order valence-electron chi connectivity index (χ0n) is 12.4. The molecule has 0 radical (unpaired) electrons. The van der Waals surface area contributed by atoms with Crippen molar-refractivity contribution >= 4 is 17.6 Å². The number of allylic oxidation sites excluding steroid dienone is 2. The van der Waals surface area contributed by atoms with Crippen LogP contribution in [0.1, 0.15) is 26.2 Å². The van der Waals surface area contributed by atoms with E-state index in [0.29, 0.717) is 18.9 Å². The number of amides is 1. The van der Waals surface area contributed by atoms with E-state index in [2.05, 4.69) is 5.32 Å². The minimum atomic E-state index is -1.68. The van der Waals surface area contributed by atoms with Crippen LogP contribution >= 0.6 is 0 Å². The first-order valence-electron chi connectivity index (χ1n) is 7.20. The van der Waals surface area contributed by atoms with Gasteiger partial charge in [-0.1, -0.05) is 12.2 Å². The van der Waals surface area contributed by atoms with Gasteiger partial charge in [-0.2, -0.15) is 0 Å². The van der Waals surface area contributed by atoms with Gasteiger partial charge in [-0.05, 0) is 38.3 Å². The molecule has 0 spiro atoms. The highest BCUT2D eigenvalue weighted by Gasteiger charge is 2.26. The van der Waals surface area contributed by atoms with Crippen molar-refractivity contribution in [2.75, 3.05) is 5.32 Å². The zero-order chi connectivity index (χ0) is 17.0. The van der Waals surface area contributed by atoms with Crippen LogP contribution in [-0.2, 0) is 14.3 Å². The molecule has 1 N–H and O–H groups in total. The Kier molecular flexibility index (Phi) is 5.41. The van der Waals surface area contributed by atoms with Crippen molar-refractivity contribution in [3.8, 4) is 0 Å². The van der Waals surface area contributed by atoms with Crippen LogP contribution < -0.4 is 5.32 Å². The van der Waals surface area contributed by atoms with Crippen LogP contribution in [0.3, 0.4) is 0 Å². The molecule has 0 bridgehead atoms. The van der Waals surface area contributed by atoms with Gasteiger partial charge in [0.1, 0.15) is 0 Å². The van der Waals surface area contributed by atoms with Crippen molar-refractivity contribution in [2.24, 2.45) is 5.92 Å². The highest BCUT2D eigenvalue weighted by atomic mass is 19.2. The van der Waals surface area contributed by atoms with E-state index in [4.69, 9.17) is 4.74 Å². The lowest BCUT2D eigenvalue weighted by molar-refractivity contribution is -0.157. The summed E-state index contributed by atoms with van der Waals surface area (Å²) in [6.07, 6.45) is 4.61. The lowest BCUT2D eigenvalue weighted by atomic mass is 9.95. The summed E-state index contributed by atoms with van der Waals surface area (Å²) < 4.78 is 44.5. The third kappa shape index (κ3) is 4.12. The second kappa shape index (κ2) is 7.30. The van der Waals surface area contributed by atoms with Crippen molar-refractivity contribution in [1.29, 1.82) is 0 Å². The van der Waals surface area contributed by atoms with Crippen LogP contribution in [0.25, 0.3) is 0 Å². The van der Waals surface area contributed by atoms with E-state index in [1.165, 1.54) is 6.92 Å². The Morgan fingerprint density at radius 3 is 2.61 bits per heavy atom. The van der Waals surface area contributed by atoms with Crippen molar-refractivity contribution in [1.82, 2.24) is 0 Å². The lowest BCUT2D eigenvalue weighted by Gasteiger charge is -2.19. The van der Waals surface area contributed by atoms with E-state index in [0.717, 1.165) is 12.5 Å². The number of esters is 1. The van der Waals surface area contributed by atoms with E-state index in [1.54, 1.807) is 0 Å². The van der Waals surface area contributed by atoms with E-state index in [-0.39, 0.29) is 5.92 Å². The molecule has 1 aliphatic rings. The van der Waals surface area contributed by atoms with E-state index >= 15 is 0 Å². The number of anilines is 1. The lowest BCUT2D eigenvalue weighted by Crippen LogP contribution is -2.32. The van der Waals surface area contributed by atoms with Gasteiger partial charge in [0.15, 0.2) is 23.6 Å². The Morgan fingerprint density at radius 2 is 1.96 bits per heavy atom. The number of nitrogens with one attached hydrogen (secondary N) is 1. The predicted molar refractivity (Wildman–Crippen MR) is 77.0 cm³/mol. The first-order valence-corrected chi connectivity index (χ1v) is 7.20. The molecule has 23 heavy (non-hydrogen) atoms. The maximum atomic E-state index is 13.5. The van der Waals surface area contributed by atoms with Crippen molar-refractivity contribution < 1.29 is 27.5 Å². The largest absolute Gasteiger partial charge is 0.452 e. The number of halogens is 3. The number of carbonyl (C=O) groups is 2. The molecule has 0 heterocycles. The fourth-order valence-electron chi connectivity index (χ4n) is 2.19. The molecule has 0 aromatic heterocycles. The molecule has 0 fully saturated rings. The first-order chi connectivity index (χ1) is 10.9. The van der Waals surface area contributed by atoms with Gasteiger partial charge in [0.25, 0.3) is 5.91 Å². The van der Waals surface area contributed by atoms with Crippen molar-refractivity contribution in [2.45, 2.75) is 32.3 Å². The molecule has 0 saturated heterocycles. The maximum absolute atomic E-state index is 13.5. The number of hydrogen-bond donors (Lipinski definition) is 1. The molecule has 1 aromatic carbocycles. The maximum Gasteiger partial charge on any atom is 0.310 e. The summed E-state index contributed by atoms with van der Waals surface area (Å²) in [6, 6.07) is 1.59. The molecule has 4 nitrogen and oxygen atoms in total. The van der Waals surface area contributed by atoms with Crippen LogP contribution in [0.15, 0.2) is 24.3 Å². The smallest absolute Gasteiger partial charge is 0.310 e. The Labute approximate surface area is 131 Å². The van der Waals surface area contributed by atoms with Crippen LogP contribution in [-0.4, -0.2) is 18.0 Å². The normalized spacial score (nSPS) is 18.3. The minimum Gasteiger partial charge on any atom is -0.452 e.